The highest BCUT2D eigenvalue weighted by molar-refractivity contribution is 9.10. The molecule has 1 aliphatic heterocycles. The number of anilines is 1. The van der Waals surface area contributed by atoms with E-state index < -0.39 is 6.23 Å². The van der Waals surface area contributed by atoms with Crippen LogP contribution in [0.25, 0.3) is 0 Å². The molecule has 0 bridgehead atoms. The van der Waals surface area contributed by atoms with Crippen molar-refractivity contribution in [2.45, 2.75) is 59.4 Å². The first-order valence-electron chi connectivity index (χ1n) is 11.0. The maximum atomic E-state index is 12.3. The lowest BCUT2D eigenvalue weighted by Gasteiger charge is -2.38. The molecule has 174 valence electrons. The molecule has 0 saturated carbocycles. The zero-order valence-corrected chi connectivity index (χ0v) is 21.0. The number of pyridine rings is 1. The number of H-pyrrole nitrogens is 1. The quantitative estimate of drug-likeness (QED) is 0.525. The van der Waals surface area contributed by atoms with E-state index in [0.29, 0.717) is 11.6 Å². The van der Waals surface area contributed by atoms with Crippen LogP contribution in [0.5, 0.6) is 0 Å². The first-order valence-corrected chi connectivity index (χ1v) is 11.8. The zero-order valence-electron chi connectivity index (χ0n) is 19.5. The fourth-order valence-corrected chi connectivity index (χ4v) is 4.97. The number of rotatable bonds is 6. The van der Waals surface area contributed by atoms with Gasteiger partial charge in [0.1, 0.15) is 6.23 Å². The Labute approximate surface area is 198 Å². The molecule has 8 heteroatoms. The third kappa shape index (κ3) is 5.42. The number of halogens is 1. The number of piperidine rings is 1. The summed E-state index contributed by atoms with van der Waals surface area (Å²) in [4.78, 5) is 30.9. The number of aliphatic hydroxyl groups excluding tert-OH is 1. The predicted octanol–water partition coefficient (Wildman–Crippen LogP) is 3.29. The Balaban J connectivity index is 1.77. The summed E-state index contributed by atoms with van der Waals surface area (Å²) in [7, 11) is 2.07. The SMILES string of the molecule is CC(=O)N1CCC(N(C)c2cc(Br)cc(C(O)NCc3c(C)cc(C)[nH]c3=O)c2C)CC1. The van der Waals surface area contributed by atoms with Crippen LogP contribution in [0.3, 0.4) is 0 Å². The van der Waals surface area contributed by atoms with Gasteiger partial charge in [0.15, 0.2) is 0 Å². The van der Waals surface area contributed by atoms with Crippen molar-refractivity contribution in [3.63, 3.8) is 0 Å². The number of hydrogen-bond donors (Lipinski definition) is 3. The van der Waals surface area contributed by atoms with Crippen molar-refractivity contribution < 1.29 is 9.90 Å². The molecule has 7 nitrogen and oxygen atoms in total. The summed E-state index contributed by atoms with van der Waals surface area (Å²) >= 11 is 3.59. The van der Waals surface area contributed by atoms with Crippen molar-refractivity contribution in [2.24, 2.45) is 0 Å². The molecule has 1 atom stereocenters. The van der Waals surface area contributed by atoms with Crippen LogP contribution in [0.2, 0.25) is 0 Å². The molecule has 2 aromatic rings. The van der Waals surface area contributed by atoms with E-state index in [4.69, 9.17) is 0 Å². The van der Waals surface area contributed by atoms with Crippen LogP contribution in [0.1, 0.15) is 53.9 Å². The number of amides is 1. The summed E-state index contributed by atoms with van der Waals surface area (Å²) in [6, 6.07) is 6.23. The number of aromatic nitrogens is 1. The minimum absolute atomic E-state index is 0.129. The Hall–Kier alpha value is -2.16. The fourth-order valence-electron chi connectivity index (χ4n) is 4.51. The molecule has 1 fully saturated rings. The predicted molar refractivity (Wildman–Crippen MR) is 131 cm³/mol. The maximum absolute atomic E-state index is 12.3. The second-order valence-corrected chi connectivity index (χ2v) is 9.63. The zero-order chi connectivity index (χ0) is 23.6. The van der Waals surface area contributed by atoms with E-state index in [-0.39, 0.29) is 18.0 Å². The molecule has 32 heavy (non-hydrogen) atoms. The van der Waals surface area contributed by atoms with Crippen LogP contribution in [0.4, 0.5) is 5.69 Å². The highest BCUT2D eigenvalue weighted by Crippen LogP contribution is 2.33. The molecule has 1 aromatic carbocycles. The average molecular weight is 505 g/mol. The van der Waals surface area contributed by atoms with Gasteiger partial charge >= 0.3 is 0 Å². The molecule has 3 N–H and O–H groups in total. The largest absolute Gasteiger partial charge is 0.374 e. The number of nitrogens with zero attached hydrogens (tertiary/aromatic N) is 2. The van der Waals surface area contributed by atoms with Crippen LogP contribution >= 0.6 is 15.9 Å². The van der Waals surface area contributed by atoms with Gasteiger partial charge in [-0.05, 0) is 62.9 Å². The van der Waals surface area contributed by atoms with Crippen LogP contribution in [0.15, 0.2) is 27.5 Å². The van der Waals surface area contributed by atoms with Crippen LogP contribution in [0, 0.1) is 20.8 Å². The van der Waals surface area contributed by atoms with Gasteiger partial charge in [0.2, 0.25) is 5.91 Å². The van der Waals surface area contributed by atoms with E-state index in [0.717, 1.165) is 58.5 Å². The summed E-state index contributed by atoms with van der Waals surface area (Å²) in [6.07, 6.45) is 0.903. The number of likely N-dealkylation sites (tertiary alicyclic amines) is 1. The Morgan fingerprint density at radius 3 is 2.53 bits per heavy atom. The number of carbonyl (C=O) groups excluding carboxylic acids is 1. The fraction of sp³-hybridized carbons (Fsp3) is 0.500. The van der Waals surface area contributed by atoms with Crippen LogP contribution in [-0.4, -0.2) is 47.1 Å². The number of aromatic amines is 1. The minimum Gasteiger partial charge on any atom is -0.374 e. The summed E-state index contributed by atoms with van der Waals surface area (Å²) < 4.78 is 0.881. The highest BCUT2D eigenvalue weighted by atomic mass is 79.9. The highest BCUT2D eigenvalue weighted by Gasteiger charge is 2.26. The van der Waals surface area contributed by atoms with Gasteiger partial charge in [0, 0.05) is 66.6 Å². The molecule has 0 radical (unpaired) electrons. The molecular weight excluding hydrogens is 472 g/mol. The van der Waals surface area contributed by atoms with Crippen molar-refractivity contribution in [1.29, 1.82) is 0 Å². The average Bonchev–Trinajstić information content (AvgIpc) is 2.73. The van der Waals surface area contributed by atoms with Crippen molar-refractivity contribution >= 4 is 27.5 Å². The molecule has 3 rings (SSSR count). The molecule has 2 heterocycles. The number of carbonyl (C=O) groups is 1. The third-order valence-corrected chi connectivity index (χ3v) is 6.94. The summed E-state index contributed by atoms with van der Waals surface area (Å²) in [5.74, 6) is 0.129. The van der Waals surface area contributed by atoms with Gasteiger partial charge in [-0.25, -0.2) is 0 Å². The Kier molecular flexibility index (Phi) is 7.79. The summed E-state index contributed by atoms with van der Waals surface area (Å²) in [5, 5.41) is 14.0. The topological polar surface area (TPSA) is 88.7 Å². The van der Waals surface area contributed by atoms with Gasteiger partial charge in [-0.3, -0.25) is 14.9 Å². The van der Waals surface area contributed by atoms with Gasteiger partial charge in [-0.15, -0.1) is 0 Å². The van der Waals surface area contributed by atoms with Crippen molar-refractivity contribution in [3.8, 4) is 0 Å². The van der Waals surface area contributed by atoms with E-state index in [9.17, 15) is 14.7 Å². The molecule has 0 spiro atoms. The molecule has 1 aromatic heterocycles. The number of nitrogens with one attached hydrogen (secondary N) is 2. The van der Waals surface area contributed by atoms with Crippen LogP contribution in [-0.2, 0) is 11.3 Å². The Morgan fingerprint density at radius 2 is 1.94 bits per heavy atom. The molecule has 1 saturated heterocycles. The second-order valence-electron chi connectivity index (χ2n) is 8.71. The van der Waals surface area contributed by atoms with Crippen molar-refractivity contribution in [1.82, 2.24) is 15.2 Å². The Bertz CT molecular complexity index is 1040. The van der Waals surface area contributed by atoms with E-state index in [1.165, 1.54) is 0 Å². The lowest BCUT2D eigenvalue weighted by atomic mass is 9.99. The van der Waals surface area contributed by atoms with E-state index in [1.54, 1.807) is 6.92 Å². The van der Waals surface area contributed by atoms with E-state index in [2.05, 4.69) is 44.2 Å². The van der Waals surface area contributed by atoms with Gasteiger partial charge in [0.05, 0.1) is 0 Å². The second kappa shape index (κ2) is 10.2. The molecule has 1 amide bonds. The summed E-state index contributed by atoms with van der Waals surface area (Å²) in [5.41, 5.74) is 5.00. The number of hydrogen-bond acceptors (Lipinski definition) is 5. The van der Waals surface area contributed by atoms with Gasteiger partial charge < -0.3 is 19.9 Å². The van der Waals surface area contributed by atoms with Gasteiger partial charge in [0.25, 0.3) is 5.56 Å². The van der Waals surface area contributed by atoms with Crippen molar-refractivity contribution in [3.05, 3.63) is 61.0 Å². The van der Waals surface area contributed by atoms with Crippen LogP contribution < -0.4 is 15.8 Å². The minimum atomic E-state index is -0.917. The van der Waals surface area contributed by atoms with Gasteiger partial charge in [-0.1, -0.05) is 15.9 Å². The standard InChI is InChI=1S/C24H33BrN4O3/c1-14-10-15(2)27-24(32)21(14)13-26-23(31)20-11-18(25)12-22(16(20)3)28(5)19-6-8-29(9-7-19)17(4)30/h10-12,19,23,26,31H,6-9,13H2,1-5H3,(H,27,32). The smallest absolute Gasteiger partial charge is 0.252 e. The first kappa shape index (κ1) is 24.5. The van der Waals surface area contributed by atoms with Crippen molar-refractivity contribution in [2.75, 3.05) is 25.0 Å². The lowest BCUT2D eigenvalue weighted by molar-refractivity contribution is -0.129. The molecule has 1 unspecified atom stereocenters. The van der Waals surface area contributed by atoms with Gasteiger partial charge in [-0.2, -0.15) is 0 Å². The lowest BCUT2D eigenvalue weighted by Crippen LogP contribution is -2.45. The number of aryl methyl sites for hydroxylation is 2. The molecule has 1 aliphatic rings. The maximum Gasteiger partial charge on any atom is 0.252 e. The van der Waals surface area contributed by atoms with E-state index >= 15 is 0 Å². The summed E-state index contributed by atoms with van der Waals surface area (Å²) in [6.45, 7) is 9.18. The third-order valence-electron chi connectivity index (χ3n) is 6.48. The molecular formula is C24H33BrN4O3. The molecule has 0 aliphatic carbocycles. The number of benzene rings is 1. The monoisotopic (exact) mass is 504 g/mol. The van der Waals surface area contributed by atoms with E-state index in [1.807, 2.05) is 37.8 Å². The normalized spacial score (nSPS) is 15.7. The Morgan fingerprint density at radius 1 is 1.28 bits per heavy atom. The number of aliphatic hydroxyl groups is 1. The first-order chi connectivity index (χ1) is 15.1.